The average molecular weight is 141 g/mol. The van der Waals surface area contributed by atoms with Crippen molar-refractivity contribution in [3.63, 3.8) is 0 Å². The number of hydrogen-bond donors (Lipinski definition) is 0. The van der Waals surface area contributed by atoms with Crippen molar-refractivity contribution >= 4 is 5.91 Å². The van der Waals surface area contributed by atoms with Gasteiger partial charge in [0.25, 0.3) is 0 Å². The first kappa shape index (κ1) is 9.21. The Hall–Kier alpha value is -0.790. The third-order valence-electron chi connectivity index (χ3n) is 1.43. The van der Waals surface area contributed by atoms with Gasteiger partial charge in [0, 0.05) is 13.1 Å². The van der Waals surface area contributed by atoms with Crippen LogP contribution in [0.2, 0.25) is 0 Å². The van der Waals surface area contributed by atoms with E-state index in [-0.39, 0.29) is 11.9 Å². The normalized spacial score (nSPS) is 10.9. The lowest BCUT2D eigenvalue weighted by atomic mass is 10.3. The second kappa shape index (κ2) is 4.09. The molecule has 0 aliphatic heterocycles. The summed E-state index contributed by atoms with van der Waals surface area (Å²) < 4.78 is 0. The van der Waals surface area contributed by atoms with Crippen molar-refractivity contribution < 1.29 is 4.79 Å². The molecule has 0 unspecified atom stereocenters. The molecule has 0 aliphatic carbocycles. The minimum absolute atomic E-state index is 0.0671. The van der Waals surface area contributed by atoms with Crippen LogP contribution in [0.1, 0.15) is 20.8 Å². The second-order valence-corrected chi connectivity index (χ2v) is 2.54. The molecule has 0 atom stereocenters. The zero-order valence-electron chi connectivity index (χ0n) is 7.09. The maximum Gasteiger partial charge on any atom is 0.246 e. The van der Waals surface area contributed by atoms with Gasteiger partial charge in [-0.1, -0.05) is 6.08 Å². The van der Waals surface area contributed by atoms with E-state index >= 15 is 0 Å². The molecule has 0 heterocycles. The average Bonchev–Trinajstić information content (AvgIpc) is 1.87. The lowest BCUT2D eigenvalue weighted by Crippen LogP contribution is -2.31. The SMILES string of the molecule is C/C=C\C(=O)N(C)C(C)C. The minimum Gasteiger partial charge on any atom is -0.340 e. The Morgan fingerprint density at radius 2 is 2.00 bits per heavy atom. The van der Waals surface area contributed by atoms with E-state index in [1.54, 1.807) is 24.1 Å². The molecule has 1 amide bonds. The van der Waals surface area contributed by atoms with Gasteiger partial charge in [0.2, 0.25) is 5.91 Å². The monoisotopic (exact) mass is 141 g/mol. The van der Waals surface area contributed by atoms with E-state index in [1.165, 1.54) is 0 Å². The fraction of sp³-hybridized carbons (Fsp3) is 0.625. The highest BCUT2D eigenvalue weighted by atomic mass is 16.2. The molecule has 0 spiro atoms. The van der Waals surface area contributed by atoms with Crippen LogP contribution in [0.3, 0.4) is 0 Å². The maximum atomic E-state index is 11.0. The molecule has 0 bridgehead atoms. The summed E-state index contributed by atoms with van der Waals surface area (Å²) in [4.78, 5) is 12.7. The van der Waals surface area contributed by atoms with E-state index in [4.69, 9.17) is 0 Å². The number of hydrogen-bond acceptors (Lipinski definition) is 1. The molecule has 0 radical (unpaired) electrons. The number of rotatable bonds is 2. The number of carbonyl (C=O) groups is 1. The summed E-state index contributed by atoms with van der Waals surface area (Å²) in [7, 11) is 1.80. The zero-order valence-corrected chi connectivity index (χ0v) is 7.09. The van der Waals surface area contributed by atoms with Crippen LogP contribution in [-0.2, 0) is 4.79 Å². The van der Waals surface area contributed by atoms with Gasteiger partial charge < -0.3 is 4.90 Å². The number of nitrogens with zero attached hydrogens (tertiary/aromatic N) is 1. The number of likely N-dealkylation sites (N-methyl/N-ethyl adjacent to an activating group) is 1. The van der Waals surface area contributed by atoms with Gasteiger partial charge in [-0.05, 0) is 26.8 Å². The third kappa shape index (κ3) is 2.67. The predicted octanol–water partition coefficient (Wildman–Crippen LogP) is 1.43. The largest absolute Gasteiger partial charge is 0.340 e. The van der Waals surface area contributed by atoms with E-state index < -0.39 is 0 Å². The fourth-order valence-electron chi connectivity index (χ4n) is 0.515. The first-order valence-electron chi connectivity index (χ1n) is 3.49. The van der Waals surface area contributed by atoms with E-state index in [1.807, 2.05) is 20.8 Å². The first-order valence-corrected chi connectivity index (χ1v) is 3.49. The van der Waals surface area contributed by atoms with Crippen LogP contribution in [0.5, 0.6) is 0 Å². The molecule has 0 N–H and O–H groups in total. The summed E-state index contributed by atoms with van der Waals surface area (Å²) >= 11 is 0. The Morgan fingerprint density at radius 1 is 1.50 bits per heavy atom. The first-order chi connectivity index (χ1) is 4.59. The maximum absolute atomic E-state index is 11.0. The third-order valence-corrected chi connectivity index (χ3v) is 1.43. The van der Waals surface area contributed by atoms with Crippen molar-refractivity contribution in [1.82, 2.24) is 4.90 Å². The van der Waals surface area contributed by atoms with Gasteiger partial charge in [-0.25, -0.2) is 0 Å². The van der Waals surface area contributed by atoms with Gasteiger partial charge in [-0.3, -0.25) is 4.79 Å². The molecule has 0 fully saturated rings. The summed E-state index contributed by atoms with van der Waals surface area (Å²) in [5.74, 6) is 0.0671. The van der Waals surface area contributed by atoms with Gasteiger partial charge in [-0.15, -0.1) is 0 Å². The molecular weight excluding hydrogens is 126 g/mol. The zero-order chi connectivity index (χ0) is 8.15. The molecule has 0 saturated heterocycles. The molecule has 0 aromatic carbocycles. The minimum atomic E-state index is 0.0671. The molecule has 0 aromatic heterocycles. The second-order valence-electron chi connectivity index (χ2n) is 2.54. The summed E-state index contributed by atoms with van der Waals surface area (Å²) in [5, 5.41) is 0. The van der Waals surface area contributed by atoms with E-state index in [2.05, 4.69) is 0 Å². The van der Waals surface area contributed by atoms with Gasteiger partial charge in [0.05, 0.1) is 0 Å². The van der Waals surface area contributed by atoms with Crippen LogP contribution < -0.4 is 0 Å². The number of allylic oxidation sites excluding steroid dienone is 1. The lowest BCUT2D eigenvalue weighted by molar-refractivity contribution is -0.126. The van der Waals surface area contributed by atoms with Gasteiger partial charge in [0.15, 0.2) is 0 Å². The van der Waals surface area contributed by atoms with Crippen molar-refractivity contribution in [2.45, 2.75) is 26.8 Å². The van der Waals surface area contributed by atoms with E-state index in [0.29, 0.717) is 0 Å². The number of amides is 1. The highest BCUT2D eigenvalue weighted by Crippen LogP contribution is 1.94. The van der Waals surface area contributed by atoms with Crippen molar-refractivity contribution in [3.05, 3.63) is 12.2 Å². The van der Waals surface area contributed by atoms with Gasteiger partial charge >= 0.3 is 0 Å². The Kier molecular flexibility index (Phi) is 3.77. The van der Waals surface area contributed by atoms with Crippen molar-refractivity contribution in [3.8, 4) is 0 Å². The summed E-state index contributed by atoms with van der Waals surface area (Å²) in [6, 6.07) is 0.281. The summed E-state index contributed by atoms with van der Waals surface area (Å²) in [6.07, 6.45) is 3.32. The quantitative estimate of drug-likeness (QED) is 0.533. The molecule has 2 nitrogen and oxygen atoms in total. The van der Waals surface area contributed by atoms with Crippen LogP contribution in [0.4, 0.5) is 0 Å². The van der Waals surface area contributed by atoms with Crippen molar-refractivity contribution in [2.75, 3.05) is 7.05 Å². The standard InChI is InChI=1S/C8H15NO/c1-5-6-8(10)9(4)7(2)3/h5-7H,1-4H3/b6-5-. The topological polar surface area (TPSA) is 20.3 Å². The molecule has 10 heavy (non-hydrogen) atoms. The highest BCUT2D eigenvalue weighted by Gasteiger charge is 2.06. The summed E-state index contributed by atoms with van der Waals surface area (Å²) in [6.45, 7) is 5.81. The Balaban J connectivity index is 3.95. The molecule has 0 saturated carbocycles. The van der Waals surface area contributed by atoms with Gasteiger partial charge in [0.1, 0.15) is 0 Å². The van der Waals surface area contributed by atoms with Crippen LogP contribution >= 0.6 is 0 Å². The lowest BCUT2D eigenvalue weighted by Gasteiger charge is -2.19. The van der Waals surface area contributed by atoms with Gasteiger partial charge in [-0.2, -0.15) is 0 Å². The van der Waals surface area contributed by atoms with Crippen molar-refractivity contribution in [2.24, 2.45) is 0 Å². The van der Waals surface area contributed by atoms with Crippen LogP contribution in [-0.4, -0.2) is 23.9 Å². The molecule has 2 heteroatoms. The molecule has 58 valence electrons. The Bertz CT molecular complexity index is 138. The van der Waals surface area contributed by atoms with Crippen LogP contribution in [0.25, 0.3) is 0 Å². The molecule has 0 aliphatic rings. The Morgan fingerprint density at radius 3 is 2.30 bits per heavy atom. The number of carbonyl (C=O) groups excluding carboxylic acids is 1. The molecule has 0 rings (SSSR count). The van der Waals surface area contributed by atoms with Crippen molar-refractivity contribution in [1.29, 1.82) is 0 Å². The van der Waals surface area contributed by atoms with E-state index in [0.717, 1.165) is 0 Å². The van der Waals surface area contributed by atoms with Crippen LogP contribution in [0, 0.1) is 0 Å². The smallest absolute Gasteiger partial charge is 0.246 e. The summed E-state index contributed by atoms with van der Waals surface area (Å²) in [5.41, 5.74) is 0. The highest BCUT2D eigenvalue weighted by molar-refractivity contribution is 5.87. The molecular formula is C8H15NO. The fourth-order valence-corrected chi connectivity index (χ4v) is 0.515. The van der Waals surface area contributed by atoms with Crippen LogP contribution in [0.15, 0.2) is 12.2 Å². The molecule has 0 aromatic rings. The predicted molar refractivity (Wildman–Crippen MR) is 42.7 cm³/mol. The van der Waals surface area contributed by atoms with E-state index in [9.17, 15) is 4.79 Å². The Labute approximate surface area is 62.5 Å².